The number of fused-ring (bicyclic) bond motifs is 1. The first-order valence-electron chi connectivity index (χ1n) is 8.95. The van der Waals surface area contributed by atoms with E-state index in [2.05, 4.69) is 22.9 Å². The van der Waals surface area contributed by atoms with Gasteiger partial charge in [0.05, 0.1) is 4.90 Å². The number of rotatable bonds is 5. The van der Waals surface area contributed by atoms with Crippen LogP contribution in [0.2, 0.25) is 0 Å². The zero-order chi connectivity index (χ0) is 18.9. The van der Waals surface area contributed by atoms with Gasteiger partial charge in [0, 0.05) is 5.69 Å². The zero-order valence-corrected chi connectivity index (χ0v) is 15.9. The fourth-order valence-corrected chi connectivity index (χ4v) is 4.40. The van der Waals surface area contributed by atoms with Gasteiger partial charge in [-0.05, 0) is 67.3 Å². The van der Waals surface area contributed by atoms with Crippen LogP contribution >= 0.6 is 0 Å². The Morgan fingerprint density at radius 2 is 1.63 bits per heavy atom. The topological polar surface area (TPSA) is 55.4 Å². The molecule has 3 aromatic rings. The molecule has 4 nitrogen and oxygen atoms in total. The second kappa shape index (κ2) is 7.08. The van der Waals surface area contributed by atoms with Crippen LogP contribution in [-0.4, -0.2) is 8.42 Å². The van der Waals surface area contributed by atoms with Crippen molar-refractivity contribution in [3.63, 3.8) is 0 Å². The second-order valence-corrected chi connectivity index (χ2v) is 8.47. The van der Waals surface area contributed by atoms with E-state index in [1.807, 2.05) is 13.0 Å². The molecule has 0 bridgehead atoms. The normalized spacial score (nSPS) is 16.0. The molecule has 0 heterocycles. The van der Waals surface area contributed by atoms with E-state index < -0.39 is 10.0 Å². The molecule has 0 fully saturated rings. The number of anilines is 1. The third kappa shape index (κ3) is 3.83. The third-order valence-corrected chi connectivity index (χ3v) is 6.19. The van der Waals surface area contributed by atoms with E-state index in [0.29, 0.717) is 5.69 Å². The number of aryl methyl sites for hydroxylation is 2. The number of benzene rings is 3. The standard InChI is InChI=1S/C22H21NO3S/c1-16-6-13-20(14-7-16)27(24,25)23-18-9-11-19(12-10-18)26-22-15-8-17-4-2-3-5-21(17)22/h2-7,9-14,22-23H,8,15H2,1H3. The minimum atomic E-state index is -3.60. The number of sulfonamides is 1. The summed E-state index contributed by atoms with van der Waals surface area (Å²) in [5.41, 5.74) is 4.10. The minimum absolute atomic E-state index is 0.0521. The summed E-state index contributed by atoms with van der Waals surface area (Å²) in [6.45, 7) is 1.92. The van der Waals surface area contributed by atoms with Crippen molar-refractivity contribution >= 4 is 15.7 Å². The van der Waals surface area contributed by atoms with Gasteiger partial charge >= 0.3 is 0 Å². The Morgan fingerprint density at radius 1 is 0.926 bits per heavy atom. The number of hydrogen-bond acceptors (Lipinski definition) is 3. The van der Waals surface area contributed by atoms with Gasteiger partial charge in [-0.25, -0.2) is 8.42 Å². The van der Waals surface area contributed by atoms with Gasteiger partial charge in [0.25, 0.3) is 10.0 Å². The van der Waals surface area contributed by atoms with Crippen LogP contribution in [0, 0.1) is 6.92 Å². The summed E-state index contributed by atoms with van der Waals surface area (Å²) in [5, 5.41) is 0. The van der Waals surface area contributed by atoms with Gasteiger partial charge in [-0.3, -0.25) is 4.72 Å². The third-order valence-electron chi connectivity index (χ3n) is 4.79. The van der Waals surface area contributed by atoms with Crippen molar-refractivity contribution in [1.82, 2.24) is 0 Å². The van der Waals surface area contributed by atoms with Gasteiger partial charge < -0.3 is 4.74 Å². The van der Waals surface area contributed by atoms with Gasteiger partial charge in [-0.1, -0.05) is 42.0 Å². The van der Waals surface area contributed by atoms with Gasteiger partial charge in [0.2, 0.25) is 0 Å². The number of ether oxygens (including phenoxy) is 1. The first-order chi connectivity index (χ1) is 13.0. The molecule has 1 atom stereocenters. The summed E-state index contributed by atoms with van der Waals surface area (Å²) in [7, 11) is -3.60. The smallest absolute Gasteiger partial charge is 0.261 e. The monoisotopic (exact) mass is 379 g/mol. The molecule has 3 aromatic carbocycles. The Labute approximate surface area is 159 Å². The van der Waals surface area contributed by atoms with E-state index in [1.54, 1.807) is 48.5 Å². The van der Waals surface area contributed by atoms with Gasteiger partial charge in [0.15, 0.2) is 0 Å². The van der Waals surface area contributed by atoms with Gasteiger partial charge in [0.1, 0.15) is 11.9 Å². The molecule has 1 aliphatic rings. The summed E-state index contributed by atoms with van der Waals surface area (Å²) < 4.78 is 33.7. The highest BCUT2D eigenvalue weighted by atomic mass is 32.2. The van der Waals surface area contributed by atoms with Gasteiger partial charge in [-0.15, -0.1) is 0 Å². The first-order valence-corrected chi connectivity index (χ1v) is 10.4. The lowest BCUT2D eigenvalue weighted by Crippen LogP contribution is -2.12. The lowest BCUT2D eigenvalue weighted by atomic mass is 10.1. The Balaban J connectivity index is 1.46. The van der Waals surface area contributed by atoms with E-state index in [4.69, 9.17) is 4.74 Å². The maximum absolute atomic E-state index is 12.5. The Kier molecular flexibility index (Phi) is 4.62. The molecule has 0 amide bonds. The van der Waals surface area contributed by atoms with Crippen LogP contribution in [0.4, 0.5) is 5.69 Å². The summed E-state index contributed by atoms with van der Waals surface area (Å²) in [6, 6.07) is 22.2. The number of nitrogens with one attached hydrogen (secondary N) is 1. The van der Waals surface area contributed by atoms with Gasteiger partial charge in [-0.2, -0.15) is 0 Å². The van der Waals surface area contributed by atoms with Crippen LogP contribution in [-0.2, 0) is 16.4 Å². The van der Waals surface area contributed by atoms with Crippen molar-refractivity contribution in [3.05, 3.63) is 89.5 Å². The second-order valence-electron chi connectivity index (χ2n) is 6.79. The van der Waals surface area contributed by atoms with E-state index in [9.17, 15) is 8.42 Å². The quantitative estimate of drug-likeness (QED) is 0.689. The van der Waals surface area contributed by atoms with Crippen LogP contribution in [0.5, 0.6) is 5.75 Å². The summed E-state index contributed by atoms with van der Waals surface area (Å²) in [4.78, 5) is 0.246. The zero-order valence-electron chi connectivity index (χ0n) is 15.1. The maximum Gasteiger partial charge on any atom is 0.261 e. The molecule has 1 unspecified atom stereocenters. The Morgan fingerprint density at radius 3 is 2.37 bits per heavy atom. The molecule has 0 saturated carbocycles. The molecular formula is C22H21NO3S. The van der Waals surface area contributed by atoms with Crippen LogP contribution < -0.4 is 9.46 Å². The fraction of sp³-hybridized carbons (Fsp3) is 0.182. The van der Waals surface area contributed by atoms with E-state index >= 15 is 0 Å². The molecule has 5 heteroatoms. The lowest BCUT2D eigenvalue weighted by Gasteiger charge is -2.15. The van der Waals surface area contributed by atoms with Crippen LogP contribution in [0.25, 0.3) is 0 Å². The summed E-state index contributed by atoms with van der Waals surface area (Å²) in [6.07, 6.45) is 2.03. The molecule has 138 valence electrons. The molecule has 0 aromatic heterocycles. The van der Waals surface area contributed by atoms with Crippen molar-refractivity contribution < 1.29 is 13.2 Å². The predicted octanol–water partition coefficient (Wildman–Crippen LogP) is 4.86. The summed E-state index contributed by atoms with van der Waals surface area (Å²) >= 11 is 0. The Bertz CT molecular complexity index is 1040. The average Bonchev–Trinajstić information content (AvgIpc) is 3.07. The maximum atomic E-state index is 12.5. The molecule has 4 rings (SSSR count). The Hall–Kier alpha value is -2.79. The molecule has 27 heavy (non-hydrogen) atoms. The highest BCUT2D eigenvalue weighted by Gasteiger charge is 2.23. The highest BCUT2D eigenvalue weighted by molar-refractivity contribution is 7.92. The van der Waals surface area contributed by atoms with E-state index in [-0.39, 0.29) is 11.0 Å². The van der Waals surface area contributed by atoms with Crippen molar-refractivity contribution in [2.24, 2.45) is 0 Å². The van der Waals surface area contributed by atoms with Crippen LogP contribution in [0.3, 0.4) is 0 Å². The summed E-state index contributed by atoms with van der Waals surface area (Å²) in [5.74, 6) is 0.731. The molecule has 0 aliphatic heterocycles. The molecular weight excluding hydrogens is 358 g/mol. The SMILES string of the molecule is Cc1ccc(S(=O)(=O)Nc2ccc(OC3CCc4ccccc43)cc2)cc1. The average molecular weight is 379 g/mol. The van der Waals surface area contributed by atoms with Crippen molar-refractivity contribution in [1.29, 1.82) is 0 Å². The van der Waals surface area contributed by atoms with E-state index in [1.165, 1.54) is 11.1 Å². The molecule has 0 saturated heterocycles. The molecule has 0 radical (unpaired) electrons. The lowest BCUT2D eigenvalue weighted by molar-refractivity contribution is 0.207. The minimum Gasteiger partial charge on any atom is -0.486 e. The van der Waals surface area contributed by atoms with Crippen molar-refractivity contribution in [3.8, 4) is 5.75 Å². The number of hydrogen-bond donors (Lipinski definition) is 1. The predicted molar refractivity (Wildman–Crippen MR) is 107 cm³/mol. The fourth-order valence-electron chi connectivity index (χ4n) is 3.34. The van der Waals surface area contributed by atoms with Crippen molar-refractivity contribution in [2.75, 3.05) is 4.72 Å². The van der Waals surface area contributed by atoms with Crippen molar-refractivity contribution in [2.45, 2.75) is 30.8 Å². The highest BCUT2D eigenvalue weighted by Crippen LogP contribution is 2.35. The van der Waals surface area contributed by atoms with Crippen LogP contribution in [0.15, 0.2) is 77.7 Å². The van der Waals surface area contributed by atoms with Crippen LogP contribution in [0.1, 0.15) is 29.2 Å². The molecule has 0 spiro atoms. The first kappa shape index (κ1) is 17.6. The molecule has 1 N–H and O–H groups in total. The molecule has 1 aliphatic carbocycles. The largest absolute Gasteiger partial charge is 0.486 e. The van der Waals surface area contributed by atoms with E-state index in [0.717, 1.165) is 24.2 Å².